The summed E-state index contributed by atoms with van der Waals surface area (Å²) in [7, 11) is 0. The van der Waals surface area contributed by atoms with Crippen molar-refractivity contribution in [3.8, 4) is 5.69 Å². The summed E-state index contributed by atoms with van der Waals surface area (Å²) in [5.74, 6) is 5.13. The van der Waals surface area contributed by atoms with Gasteiger partial charge in [-0.2, -0.15) is 5.10 Å². The van der Waals surface area contributed by atoms with E-state index in [1.165, 1.54) is 24.8 Å². The normalized spacial score (nSPS) is 16.2. The van der Waals surface area contributed by atoms with Crippen LogP contribution in [0, 0.1) is 5.92 Å². The molecule has 0 saturated heterocycles. The van der Waals surface area contributed by atoms with E-state index in [4.69, 9.17) is 38.9 Å². The van der Waals surface area contributed by atoms with E-state index in [0.717, 1.165) is 61.3 Å². The van der Waals surface area contributed by atoms with Crippen LogP contribution in [0.4, 0.5) is 5.69 Å². The Bertz CT molecular complexity index is 1160. The number of nitrogen functional groups attached to an aromatic ring is 1. The van der Waals surface area contributed by atoms with Gasteiger partial charge in [-0.3, -0.25) is 10.6 Å². The molecular formula is C29H36Cl2N4O2. The summed E-state index contributed by atoms with van der Waals surface area (Å²) in [6.45, 7) is 2.31. The highest BCUT2D eigenvalue weighted by Gasteiger charge is 2.38. The third-order valence-corrected chi connectivity index (χ3v) is 7.74. The number of benzene rings is 2. The smallest absolute Gasteiger partial charge is 0.315 e. The molecule has 37 heavy (non-hydrogen) atoms. The fraction of sp³-hybridized carbons (Fsp3) is 0.448. The minimum Gasteiger partial charge on any atom is -0.465 e. The lowest BCUT2D eigenvalue weighted by Crippen LogP contribution is -2.29. The molecule has 1 aromatic heterocycles. The summed E-state index contributed by atoms with van der Waals surface area (Å²) >= 11 is 11.7. The molecule has 1 saturated carbocycles. The molecule has 1 fully saturated rings. The van der Waals surface area contributed by atoms with Crippen LogP contribution in [-0.2, 0) is 22.4 Å². The number of anilines is 1. The topological polar surface area (TPSA) is 82.2 Å². The lowest BCUT2D eigenvalue weighted by molar-refractivity contribution is -0.147. The number of aromatic nitrogens is 2. The van der Waals surface area contributed by atoms with Gasteiger partial charge in [0.1, 0.15) is 5.92 Å². The van der Waals surface area contributed by atoms with Crippen molar-refractivity contribution in [1.82, 2.24) is 9.78 Å². The molecule has 1 heterocycles. The Kier molecular flexibility index (Phi) is 9.89. The van der Waals surface area contributed by atoms with Gasteiger partial charge in [0.25, 0.3) is 0 Å². The molecule has 0 radical (unpaired) electrons. The van der Waals surface area contributed by atoms with Gasteiger partial charge in [0.05, 0.1) is 23.7 Å². The van der Waals surface area contributed by atoms with E-state index in [9.17, 15) is 4.79 Å². The van der Waals surface area contributed by atoms with Crippen LogP contribution in [0.25, 0.3) is 5.69 Å². The first-order valence-electron chi connectivity index (χ1n) is 13.3. The number of carbonyl (C=O) groups excluding carboxylic acids is 1. The molecule has 0 bridgehead atoms. The molecule has 6 nitrogen and oxygen atoms in total. The number of nitrogens with zero attached hydrogens (tertiary/aromatic N) is 2. The maximum absolute atomic E-state index is 13.2. The Morgan fingerprint density at radius 1 is 1.00 bits per heavy atom. The van der Waals surface area contributed by atoms with Crippen LogP contribution < -0.4 is 11.3 Å². The number of esters is 1. The number of halogens is 2. The third-order valence-electron chi connectivity index (χ3n) is 7.24. The molecule has 8 heteroatoms. The standard InChI is InChI=1S/C23H29ClN2O2.C6H7ClN2/c1-2-28-23(27)21(16-8-4-3-5-9-16)22-19-10-6-7-11-20(19)25-26(22)18-14-12-17(24)13-15-18;7-5-1-3-6(9-8)4-2-5/h12-16,21H,2-11H2,1H3;1-4,9H,8H2. The number of aryl methyl sites for hydroxylation is 1. The number of ether oxygens (including phenoxy) is 1. The van der Waals surface area contributed by atoms with Crippen LogP contribution in [0.1, 0.15) is 74.7 Å². The average Bonchev–Trinajstić information content (AvgIpc) is 3.30. The number of hydrogen-bond acceptors (Lipinski definition) is 5. The van der Waals surface area contributed by atoms with Gasteiger partial charge in [-0.1, -0.05) is 42.5 Å². The lowest BCUT2D eigenvalue weighted by atomic mass is 9.76. The third kappa shape index (κ3) is 6.86. The average molecular weight is 544 g/mol. The number of nitrogens with one attached hydrogen (secondary N) is 1. The quantitative estimate of drug-likeness (QED) is 0.194. The van der Waals surface area contributed by atoms with Crippen molar-refractivity contribution in [1.29, 1.82) is 0 Å². The van der Waals surface area contributed by atoms with E-state index in [1.807, 2.05) is 48.0 Å². The van der Waals surface area contributed by atoms with Gasteiger partial charge in [0.15, 0.2) is 0 Å². The van der Waals surface area contributed by atoms with Crippen molar-refractivity contribution in [2.45, 2.75) is 70.6 Å². The number of fused-ring (bicyclic) bond motifs is 1. The van der Waals surface area contributed by atoms with Crippen molar-refractivity contribution in [2.75, 3.05) is 12.0 Å². The maximum Gasteiger partial charge on any atom is 0.315 e. The van der Waals surface area contributed by atoms with Gasteiger partial charge >= 0.3 is 5.97 Å². The first-order valence-corrected chi connectivity index (χ1v) is 14.0. The van der Waals surface area contributed by atoms with Crippen LogP contribution in [0.3, 0.4) is 0 Å². The fourth-order valence-electron chi connectivity index (χ4n) is 5.45. The molecule has 1 atom stereocenters. The highest BCUT2D eigenvalue weighted by Crippen LogP contribution is 2.41. The van der Waals surface area contributed by atoms with Crippen LogP contribution in [0.2, 0.25) is 10.0 Å². The van der Waals surface area contributed by atoms with E-state index in [1.54, 1.807) is 12.1 Å². The Labute approximate surface area is 229 Å². The van der Waals surface area contributed by atoms with Crippen molar-refractivity contribution < 1.29 is 9.53 Å². The molecule has 3 N–H and O–H groups in total. The zero-order chi connectivity index (χ0) is 26.2. The van der Waals surface area contributed by atoms with Gasteiger partial charge in [-0.25, -0.2) is 4.68 Å². The Morgan fingerprint density at radius 3 is 2.24 bits per heavy atom. The van der Waals surface area contributed by atoms with E-state index >= 15 is 0 Å². The molecule has 2 aromatic carbocycles. The maximum atomic E-state index is 13.2. The molecule has 5 rings (SSSR count). The summed E-state index contributed by atoms with van der Waals surface area (Å²) in [6.07, 6.45) is 10.1. The Hall–Kier alpha value is -2.54. The summed E-state index contributed by atoms with van der Waals surface area (Å²) < 4.78 is 7.60. The first-order chi connectivity index (χ1) is 18.0. The van der Waals surface area contributed by atoms with Gasteiger partial charge < -0.3 is 10.2 Å². The molecule has 1 unspecified atom stereocenters. The van der Waals surface area contributed by atoms with Crippen LogP contribution in [0.5, 0.6) is 0 Å². The first kappa shape index (κ1) is 27.5. The van der Waals surface area contributed by atoms with E-state index < -0.39 is 0 Å². The van der Waals surface area contributed by atoms with Gasteiger partial charge in [-0.05, 0) is 105 Å². The van der Waals surface area contributed by atoms with Gasteiger partial charge in [0.2, 0.25) is 0 Å². The molecule has 0 aliphatic heterocycles. The number of carbonyl (C=O) groups is 1. The second-order valence-corrected chi connectivity index (χ2v) is 10.6. The second-order valence-electron chi connectivity index (χ2n) is 9.68. The number of rotatable bonds is 6. The predicted octanol–water partition coefficient (Wildman–Crippen LogP) is 7.26. The minimum absolute atomic E-state index is 0.0853. The lowest BCUT2D eigenvalue weighted by Gasteiger charge is -2.30. The second kappa shape index (κ2) is 13.3. The molecule has 0 spiro atoms. The summed E-state index contributed by atoms with van der Waals surface area (Å²) in [6, 6.07) is 14.9. The Balaban J connectivity index is 0.000000301. The summed E-state index contributed by atoms with van der Waals surface area (Å²) in [4.78, 5) is 13.2. The zero-order valence-corrected chi connectivity index (χ0v) is 22.9. The van der Waals surface area contributed by atoms with Crippen molar-refractivity contribution >= 4 is 34.9 Å². The summed E-state index contributed by atoms with van der Waals surface area (Å²) in [5, 5.41) is 6.40. The zero-order valence-electron chi connectivity index (χ0n) is 21.4. The Morgan fingerprint density at radius 2 is 1.62 bits per heavy atom. The van der Waals surface area contributed by atoms with Crippen LogP contribution >= 0.6 is 23.2 Å². The largest absolute Gasteiger partial charge is 0.465 e. The molecule has 198 valence electrons. The number of hydrazine groups is 1. The van der Waals surface area contributed by atoms with Crippen molar-refractivity contribution in [2.24, 2.45) is 11.8 Å². The van der Waals surface area contributed by atoms with E-state index in [-0.39, 0.29) is 11.9 Å². The highest BCUT2D eigenvalue weighted by molar-refractivity contribution is 6.30. The van der Waals surface area contributed by atoms with Gasteiger partial charge in [-0.15, -0.1) is 0 Å². The summed E-state index contributed by atoms with van der Waals surface area (Å²) in [5.41, 5.74) is 7.84. The molecule has 2 aliphatic rings. The highest BCUT2D eigenvalue weighted by atomic mass is 35.5. The monoisotopic (exact) mass is 542 g/mol. The molecule has 2 aliphatic carbocycles. The molecule has 0 amide bonds. The molecular weight excluding hydrogens is 507 g/mol. The number of hydrogen-bond donors (Lipinski definition) is 2. The van der Waals surface area contributed by atoms with Gasteiger partial charge in [0, 0.05) is 15.7 Å². The fourth-order valence-corrected chi connectivity index (χ4v) is 5.70. The van der Waals surface area contributed by atoms with Crippen LogP contribution in [0.15, 0.2) is 48.5 Å². The van der Waals surface area contributed by atoms with E-state index in [0.29, 0.717) is 22.6 Å². The van der Waals surface area contributed by atoms with Crippen LogP contribution in [-0.4, -0.2) is 22.4 Å². The number of nitrogens with two attached hydrogens (primary N) is 1. The van der Waals surface area contributed by atoms with E-state index in [2.05, 4.69) is 5.43 Å². The minimum atomic E-state index is -0.231. The van der Waals surface area contributed by atoms with Crippen molar-refractivity contribution in [3.63, 3.8) is 0 Å². The van der Waals surface area contributed by atoms with Crippen molar-refractivity contribution in [3.05, 3.63) is 75.5 Å². The molecule has 3 aromatic rings. The predicted molar refractivity (Wildman–Crippen MR) is 150 cm³/mol. The SMILES string of the molecule is CCOC(=O)C(c1c2c(nn1-c1ccc(Cl)cc1)CCCC2)C1CCCCC1.NNc1ccc(Cl)cc1.